The minimum absolute atomic E-state index is 0.782. The topological polar surface area (TPSA) is 8.17 Å². The number of para-hydroxylation sites is 1. The summed E-state index contributed by atoms with van der Waals surface area (Å²) >= 11 is 0. The van der Waals surface area contributed by atoms with E-state index in [0.717, 1.165) is 35.6 Å². The first-order valence-electron chi connectivity index (χ1n) is 21.9. The first-order chi connectivity index (χ1) is 31.2. The van der Waals surface area contributed by atoms with E-state index in [1.165, 1.54) is 77.8 Å². The van der Waals surface area contributed by atoms with Gasteiger partial charge < -0.3 is 9.47 Å². The van der Waals surface area contributed by atoms with Gasteiger partial charge in [0.15, 0.2) is 0 Å². The lowest BCUT2D eigenvalue weighted by molar-refractivity contribution is 1.06. The van der Waals surface area contributed by atoms with Crippen molar-refractivity contribution in [2.45, 2.75) is 19.8 Å². The van der Waals surface area contributed by atoms with Crippen LogP contribution in [0.5, 0.6) is 0 Å². The summed E-state index contributed by atoms with van der Waals surface area (Å²) in [6, 6.07) is 74.6. The Balaban J connectivity index is 1.03. The van der Waals surface area contributed by atoms with Crippen LogP contribution in [0.3, 0.4) is 0 Å². The number of fused-ring (bicyclic) bond motifs is 3. The molecule has 0 saturated carbocycles. The Kier molecular flexibility index (Phi) is 10.9. The van der Waals surface area contributed by atoms with Gasteiger partial charge in [0.1, 0.15) is 0 Å². The Bertz CT molecular complexity index is 3110. The van der Waals surface area contributed by atoms with Gasteiger partial charge in [-0.1, -0.05) is 176 Å². The van der Waals surface area contributed by atoms with Gasteiger partial charge in [-0.05, 0) is 142 Å². The van der Waals surface area contributed by atoms with Crippen molar-refractivity contribution in [3.8, 4) is 50.2 Å². The number of aromatic nitrogens is 1. The van der Waals surface area contributed by atoms with E-state index in [1.54, 1.807) is 0 Å². The Morgan fingerprint density at radius 3 is 1.41 bits per heavy atom. The van der Waals surface area contributed by atoms with E-state index < -0.39 is 0 Å². The van der Waals surface area contributed by atoms with Crippen molar-refractivity contribution in [3.63, 3.8) is 0 Å². The van der Waals surface area contributed by atoms with Crippen molar-refractivity contribution in [2.24, 2.45) is 0 Å². The Hall–Kier alpha value is -7.94. The van der Waals surface area contributed by atoms with Gasteiger partial charge >= 0.3 is 0 Å². The zero-order valence-corrected chi connectivity index (χ0v) is 35.5. The number of hydrogen-bond acceptors (Lipinski definition) is 1. The molecule has 1 heterocycles. The molecule has 0 amide bonds. The lowest BCUT2D eigenvalue weighted by Crippen LogP contribution is -2.09. The summed E-state index contributed by atoms with van der Waals surface area (Å²) in [7, 11) is 0. The fourth-order valence-corrected chi connectivity index (χ4v) is 9.11. The molecule has 0 spiro atoms. The third kappa shape index (κ3) is 7.80. The summed E-state index contributed by atoms with van der Waals surface area (Å²) < 4.78 is 2.46. The van der Waals surface area contributed by atoms with Crippen LogP contribution in [0, 0.1) is 0 Å². The summed E-state index contributed by atoms with van der Waals surface area (Å²) in [5.74, 6) is 0. The standard InChI is InChI=1S/C61H48N2/c1-3-15-51-21-14-24-58-59-43-52(35-42-60(59)63(53-22-12-7-13-23-53)61(58)57(51)16-4-2)50-33-40-56(41-34-50)62(54-36-29-48(30-37-54)45-19-10-6-11-20-45)55-38-31-49(32-39-55)47-27-25-46(26-28-47)44-17-8-5-9-18-44/h3-15,17-23,25-43H,2,16,24H2,1H3/b15-3-. The van der Waals surface area contributed by atoms with Crippen molar-refractivity contribution >= 4 is 33.5 Å². The average Bonchev–Trinajstić information content (AvgIpc) is 3.57. The molecule has 2 nitrogen and oxygen atoms in total. The maximum Gasteiger partial charge on any atom is 0.0544 e. The van der Waals surface area contributed by atoms with Gasteiger partial charge in [0.25, 0.3) is 0 Å². The van der Waals surface area contributed by atoms with Crippen molar-refractivity contribution in [2.75, 3.05) is 4.90 Å². The van der Waals surface area contributed by atoms with E-state index in [1.807, 2.05) is 6.08 Å². The van der Waals surface area contributed by atoms with Gasteiger partial charge in [-0.15, -0.1) is 6.58 Å². The van der Waals surface area contributed by atoms with Crippen molar-refractivity contribution in [3.05, 3.63) is 260 Å². The maximum absolute atomic E-state index is 4.17. The Morgan fingerprint density at radius 2 is 0.937 bits per heavy atom. The predicted molar refractivity (Wildman–Crippen MR) is 269 cm³/mol. The van der Waals surface area contributed by atoms with Crippen molar-refractivity contribution in [1.29, 1.82) is 0 Å². The van der Waals surface area contributed by atoms with Crippen LogP contribution in [0.2, 0.25) is 0 Å². The minimum Gasteiger partial charge on any atom is -0.311 e. The van der Waals surface area contributed by atoms with Crippen LogP contribution < -0.4 is 4.90 Å². The molecular formula is C61H48N2. The van der Waals surface area contributed by atoms with Crippen molar-refractivity contribution in [1.82, 2.24) is 4.57 Å². The van der Waals surface area contributed by atoms with Gasteiger partial charge in [0.2, 0.25) is 0 Å². The highest BCUT2D eigenvalue weighted by Crippen LogP contribution is 2.42. The van der Waals surface area contributed by atoms with Crippen LogP contribution in [-0.4, -0.2) is 4.57 Å². The average molecular weight is 809 g/mol. The zero-order chi connectivity index (χ0) is 42.5. The molecule has 0 saturated heterocycles. The third-order valence-electron chi connectivity index (χ3n) is 12.2. The highest BCUT2D eigenvalue weighted by Gasteiger charge is 2.24. The van der Waals surface area contributed by atoms with Gasteiger partial charge in [0.05, 0.1) is 11.2 Å². The summed E-state index contributed by atoms with van der Waals surface area (Å²) in [5.41, 5.74) is 20.4. The minimum atomic E-state index is 0.782. The second-order valence-electron chi connectivity index (χ2n) is 16.0. The number of hydrogen-bond donors (Lipinski definition) is 0. The molecule has 0 N–H and O–H groups in total. The van der Waals surface area contributed by atoms with Gasteiger partial charge in [-0.2, -0.15) is 0 Å². The number of anilines is 3. The molecule has 10 rings (SSSR count). The van der Waals surface area contributed by atoms with Crippen LogP contribution in [0.4, 0.5) is 17.1 Å². The normalized spacial score (nSPS) is 12.4. The van der Waals surface area contributed by atoms with Crippen LogP contribution in [-0.2, 0) is 6.42 Å². The molecule has 9 aromatic rings. The van der Waals surface area contributed by atoms with Gasteiger partial charge in [-0.25, -0.2) is 0 Å². The summed E-state index contributed by atoms with van der Waals surface area (Å²) in [6.07, 6.45) is 12.6. The highest BCUT2D eigenvalue weighted by molar-refractivity contribution is 5.97. The Labute approximate surface area is 371 Å². The smallest absolute Gasteiger partial charge is 0.0544 e. The second-order valence-corrected chi connectivity index (χ2v) is 16.0. The van der Waals surface area contributed by atoms with Crippen molar-refractivity contribution < 1.29 is 0 Å². The van der Waals surface area contributed by atoms with E-state index in [0.29, 0.717) is 0 Å². The fraction of sp³-hybridized carbons (Fsp3) is 0.0492. The molecule has 0 atom stereocenters. The summed E-state index contributed by atoms with van der Waals surface area (Å²) in [4.78, 5) is 2.35. The number of benzene rings is 8. The maximum atomic E-state index is 4.17. The van der Waals surface area contributed by atoms with Gasteiger partial charge in [-0.3, -0.25) is 0 Å². The molecule has 1 aliphatic rings. The molecule has 1 aliphatic carbocycles. The molecule has 0 fully saturated rings. The molecule has 63 heavy (non-hydrogen) atoms. The molecule has 1 aromatic heterocycles. The molecule has 0 radical (unpaired) electrons. The van der Waals surface area contributed by atoms with E-state index >= 15 is 0 Å². The van der Waals surface area contributed by atoms with Gasteiger partial charge in [0, 0.05) is 28.1 Å². The van der Waals surface area contributed by atoms with E-state index in [4.69, 9.17) is 0 Å². The Morgan fingerprint density at radius 1 is 0.508 bits per heavy atom. The number of rotatable bonds is 11. The first kappa shape index (κ1) is 39.2. The van der Waals surface area contributed by atoms with E-state index in [-0.39, 0.29) is 0 Å². The molecule has 0 bridgehead atoms. The number of nitrogens with zero attached hydrogens (tertiary/aromatic N) is 2. The lowest BCUT2D eigenvalue weighted by Gasteiger charge is -2.26. The fourth-order valence-electron chi connectivity index (χ4n) is 9.11. The van der Waals surface area contributed by atoms with E-state index in [2.05, 4.69) is 254 Å². The lowest BCUT2D eigenvalue weighted by atomic mass is 9.97. The van der Waals surface area contributed by atoms with Crippen LogP contribution >= 0.6 is 0 Å². The molecule has 2 heteroatoms. The molecule has 0 unspecified atom stereocenters. The SMILES string of the molecule is C=CCC1=C(/C=C\C)C=CCc2c1n(-c1ccccc1)c1ccc(-c3ccc(N(c4ccc(-c5ccccc5)cc4)c4ccc(-c5ccc(-c6ccccc6)cc5)cc4)cc3)cc21. The highest BCUT2D eigenvalue weighted by atomic mass is 15.1. The second kappa shape index (κ2) is 17.6. The molecule has 8 aromatic carbocycles. The number of allylic oxidation sites excluding steroid dienone is 7. The zero-order valence-electron chi connectivity index (χ0n) is 35.5. The predicted octanol–water partition coefficient (Wildman–Crippen LogP) is 16.8. The van der Waals surface area contributed by atoms with Crippen LogP contribution in [0.1, 0.15) is 24.6 Å². The molecule has 0 aliphatic heterocycles. The quantitative estimate of drug-likeness (QED) is 0.118. The largest absolute Gasteiger partial charge is 0.311 e. The van der Waals surface area contributed by atoms with E-state index in [9.17, 15) is 0 Å². The summed E-state index contributed by atoms with van der Waals surface area (Å²) in [6.45, 7) is 6.26. The first-order valence-corrected chi connectivity index (χ1v) is 21.9. The van der Waals surface area contributed by atoms with Crippen LogP contribution in [0.15, 0.2) is 249 Å². The van der Waals surface area contributed by atoms with Crippen LogP contribution in [0.25, 0.3) is 66.7 Å². The molecule has 302 valence electrons. The summed E-state index contributed by atoms with van der Waals surface area (Å²) in [5, 5.41) is 1.28. The molecular weight excluding hydrogens is 761 g/mol. The monoisotopic (exact) mass is 808 g/mol. The third-order valence-corrected chi connectivity index (χ3v) is 12.2.